The Bertz CT molecular complexity index is 644. The standard InChI is InChI=1S/C22H32N4O/c1-23-21(14-19-6-3-2-4-7-19)15-22(27)18-26-12-10-25(11-13-26)17-20-8-5-9-24-16-20/h2-9,16,21-23,27H,10-15,17-18H2,1H3. The first kappa shape index (κ1) is 20.0. The molecule has 5 heteroatoms. The average Bonchev–Trinajstić information content (AvgIpc) is 2.70. The Morgan fingerprint density at radius 2 is 1.70 bits per heavy atom. The van der Waals surface area contributed by atoms with E-state index in [9.17, 15) is 5.11 Å². The molecule has 1 aliphatic heterocycles. The van der Waals surface area contributed by atoms with Gasteiger partial charge in [-0.15, -0.1) is 0 Å². The number of piperazine rings is 1. The molecule has 0 radical (unpaired) electrons. The highest BCUT2D eigenvalue weighted by molar-refractivity contribution is 5.16. The normalized spacial score (nSPS) is 18.3. The van der Waals surface area contributed by atoms with Gasteiger partial charge in [-0.3, -0.25) is 14.8 Å². The van der Waals surface area contributed by atoms with Gasteiger partial charge in [0.25, 0.3) is 0 Å². The van der Waals surface area contributed by atoms with Crippen molar-refractivity contribution in [3.63, 3.8) is 0 Å². The molecule has 3 rings (SSSR count). The lowest BCUT2D eigenvalue weighted by Crippen LogP contribution is -2.48. The summed E-state index contributed by atoms with van der Waals surface area (Å²) >= 11 is 0. The maximum Gasteiger partial charge on any atom is 0.0682 e. The molecule has 0 saturated carbocycles. The molecule has 0 spiro atoms. The Morgan fingerprint density at radius 1 is 1.00 bits per heavy atom. The fraction of sp³-hybridized carbons (Fsp3) is 0.500. The van der Waals surface area contributed by atoms with Crippen LogP contribution in [0.4, 0.5) is 0 Å². The summed E-state index contributed by atoms with van der Waals surface area (Å²) < 4.78 is 0. The van der Waals surface area contributed by atoms with Crippen molar-refractivity contribution in [1.82, 2.24) is 20.1 Å². The van der Waals surface area contributed by atoms with Crippen LogP contribution in [-0.4, -0.2) is 71.8 Å². The van der Waals surface area contributed by atoms with Crippen LogP contribution in [0.5, 0.6) is 0 Å². The molecular formula is C22H32N4O. The van der Waals surface area contributed by atoms with Gasteiger partial charge in [0.1, 0.15) is 0 Å². The van der Waals surface area contributed by atoms with Crippen LogP contribution < -0.4 is 5.32 Å². The molecule has 0 bridgehead atoms. The molecule has 2 heterocycles. The number of hydrogen-bond donors (Lipinski definition) is 2. The van der Waals surface area contributed by atoms with Gasteiger partial charge in [-0.1, -0.05) is 36.4 Å². The topological polar surface area (TPSA) is 51.6 Å². The summed E-state index contributed by atoms with van der Waals surface area (Å²) in [5.74, 6) is 0. The van der Waals surface area contributed by atoms with Gasteiger partial charge in [0.05, 0.1) is 6.10 Å². The monoisotopic (exact) mass is 368 g/mol. The summed E-state index contributed by atoms with van der Waals surface area (Å²) in [6.45, 7) is 5.83. The molecule has 27 heavy (non-hydrogen) atoms. The van der Waals surface area contributed by atoms with Gasteiger partial charge < -0.3 is 10.4 Å². The van der Waals surface area contributed by atoms with Crippen LogP contribution in [0.2, 0.25) is 0 Å². The lowest BCUT2D eigenvalue weighted by molar-refractivity contribution is 0.0616. The van der Waals surface area contributed by atoms with E-state index >= 15 is 0 Å². The number of hydrogen-bond acceptors (Lipinski definition) is 5. The van der Waals surface area contributed by atoms with Crippen molar-refractivity contribution < 1.29 is 5.11 Å². The molecule has 1 saturated heterocycles. The van der Waals surface area contributed by atoms with E-state index in [0.29, 0.717) is 6.04 Å². The van der Waals surface area contributed by atoms with Crippen molar-refractivity contribution in [2.75, 3.05) is 39.8 Å². The predicted molar refractivity (Wildman–Crippen MR) is 110 cm³/mol. The zero-order chi connectivity index (χ0) is 18.9. The summed E-state index contributed by atoms with van der Waals surface area (Å²) in [5, 5.41) is 13.9. The Kier molecular flexibility index (Phi) is 7.78. The highest BCUT2D eigenvalue weighted by atomic mass is 16.3. The van der Waals surface area contributed by atoms with Crippen LogP contribution in [-0.2, 0) is 13.0 Å². The lowest BCUT2D eigenvalue weighted by Gasteiger charge is -2.36. The molecule has 5 nitrogen and oxygen atoms in total. The van der Waals surface area contributed by atoms with Crippen molar-refractivity contribution >= 4 is 0 Å². The average molecular weight is 369 g/mol. The minimum atomic E-state index is -0.295. The molecule has 1 aromatic carbocycles. The van der Waals surface area contributed by atoms with E-state index in [1.807, 2.05) is 31.6 Å². The second-order valence-electron chi connectivity index (χ2n) is 7.50. The maximum atomic E-state index is 10.6. The molecule has 1 fully saturated rings. The summed E-state index contributed by atoms with van der Waals surface area (Å²) in [6, 6.07) is 14.9. The van der Waals surface area contributed by atoms with Gasteiger partial charge in [-0.05, 0) is 37.1 Å². The molecule has 2 unspecified atom stereocenters. The van der Waals surface area contributed by atoms with Gasteiger partial charge >= 0.3 is 0 Å². The van der Waals surface area contributed by atoms with E-state index in [1.165, 1.54) is 11.1 Å². The van der Waals surface area contributed by atoms with Crippen molar-refractivity contribution in [3.05, 3.63) is 66.0 Å². The summed E-state index contributed by atoms with van der Waals surface area (Å²) in [4.78, 5) is 9.05. The predicted octanol–water partition coefficient (Wildman–Crippen LogP) is 1.78. The van der Waals surface area contributed by atoms with Gasteiger partial charge in [0, 0.05) is 57.7 Å². The second kappa shape index (κ2) is 10.5. The zero-order valence-corrected chi connectivity index (χ0v) is 16.3. The number of rotatable bonds is 9. The summed E-state index contributed by atoms with van der Waals surface area (Å²) in [7, 11) is 1.98. The Hall–Kier alpha value is -1.79. The van der Waals surface area contributed by atoms with Crippen LogP contribution in [0.15, 0.2) is 54.9 Å². The fourth-order valence-corrected chi connectivity index (χ4v) is 3.78. The quantitative estimate of drug-likeness (QED) is 0.707. The third-order valence-corrected chi connectivity index (χ3v) is 5.35. The molecule has 2 aromatic rings. The third kappa shape index (κ3) is 6.70. The Labute approximate surface area is 163 Å². The van der Waals surface area contributed by atoms with E-state index in [0.717, 1.165) is 52.1 Å². The summed E-state index contributed by atoms with van der Waals surface area (Å²) in [5.41, 5.74) is 2.58. The number of pyridine rings is 1. The van der Waals surface area contributed by atoms with E-state index in [-0.39, 0.29) is 6.10 Å². The number of aliphatic hydroxyl groups is 1. The molecule has 1 aliphatic rings. The first-order valence-electron chi connectivity index (χ1n) is 9.96. The molecular weight excluding hydrogens is 336 g/mol. The number of nitrogens with one attached hydrogen (secondary N) is 1. The highest BCUT2D eigenvalue weighted by Crippen LogP contribution is 2.11. The smallest absolute Gasteiger partial charge is 0.0682 e. The molecule has 146 valence electrons. The van der Waals surface area contributed by atoms with Crippen LogP contribution >= 0.6 is 0 Å². The minimum absolute atomic E-state index is 0.295. The number of likely N-dealkylation sites (N-methyl/N-ethyl adjacent to an activating group) is 1. The maximum absolute atomic E-state index is 10.6. The fourth-order valence-electron chi connectivity index (χ4n) is 3.78. The van der Waals surface area contributed by atoms with E-state index in [1.54, 1.807) is 0 Å². The summed E-state index contributed by atoms with van der Waals surface area (Å²) in [6.07, 6.45) is 5.20. The van der Waals surface area contributed by atoms with Crippen LogP contribution in [0, 0.1) is 0 Å². The molecule has 0 amide bonds. The lowest BCUT2D eigenvalue weighted by atomic mass is 10.0. The van der Waals surface area contributed by atoms with Gasteiger partial charge in [-0.25, -0.2) is 0 Å². The number of nitrogens with zero attached hydrogens (tertiary/aromatic N) is 3. The first-order valence-corrected chi connectivity index (χ1v) is 9.96. The second-order valence-corrected chi connectivity index (χ2v) is 7.50. The highest BCUT2D eigenvalue weighted by Gasteiger charge is 2.21. The van der Waals surface area contributed by atoms with E-state index in [4.69, 9.17) is 0 Å². The van der Waals surface area contributed by atoms with Crippen molar-refractivity contribution in [2.45, 2.75) is 31.5 Å². The number of aromatic nitrogens is 1. The van der Waals surface area contributed by atoms with E-state index < -0.39 is 0 Å². The van der Waals surface area contributed by atoms with Crippen LogP contribution in [0.25, 0.3) is 0 Å². The van der Waals surface area contributed by atoms with Crippen molar-refractivity contribution in [2.24, 2.45) is 0 Å². The third-order valence-electron chi connectivity index (χ3n) is 5.35. The minimum Gasteiger partial charge on any atom is -0.392 e. The number of β-amino-alcohol motifs (C(OH)–C–C–N with tert-alkyl or cyclic N) is 1. The number of aliphatic hydroxyl groups excluding tert-OH is 1. The van der Waals surface area contributed by atoms with Gasteiger partial charge in [0.15, 0.2) is 0 Å². The van der Waals surface area contributed by atoms with E-state index in [2.05, 4.69) is 50.4 Å². The van der Waals surface area contributed by atoms with Crippen molar-refractivity contribution in [1.29, 1.82) is 0 Å². The van der Waals surface area contributed by atoms with Crippen LogP contribution in [0.3, 0.4) is 0 Å². The molecule has 1 aromatic heterocycles. The van der Waals surface area contributed by atoms with Crippen LogP contribution in [0.1, 0.15) is 17.5 Å². The molecule has 2 N–H and O–H groups in total. The van der Waals surface area contributed by atoms with Gasteiger partial charge in [-0.2, -0.15) is 0 Å². The zero-order valence-electron chi connectivity index (χ0n) is 16.3. The Balaban J connectivity index is 1.39. The molecule has 2 atom stereocenters. The number of benzene rings is 1. The molecule has 0 aliphatic carbocycles. The first-order chi connectivity index (χ1) is 13.2. The Morgan fingerprint density at radius 3 is 2.37 bits per heavy atom. The van der Waals surface area contributed by atoms with Gasteiger partial charge in [0.2, 0.25) is 0 Å². The SMILES string of the molecule is CNC(Cc1ccccc1)CC(O)CN1CCN(Cc2cccnc2)CC1. The van der Waals surface area contributed by atoms with Crippen molar-refractivity contribution in [3.8, 4) is 0 Å². The largest absolute Gasteiger partial charge is 0.392 e.